The van der Waals surface area contributed by atoms with Crippen LogP contribution in [-0.2, 0) is 13.2 Å². The van der Waals surface area contributed by atoms with Crippen molar-refractivity contribution in [3.8, 4) is 11.5 Å². The minimum atomic E-state index is 0.299. The topological polar surface area (TPSA) is 75.2 Å². The van der Waals surface area contributed by atoms with E-state index in [-0.39, 0.29) is 0 Å². The first-order valence-corrected chi connectivity index (χ1v) is 7.03. The third kappa shape index (κ3) is 3.91. The summed E-state index contributed by atoms with van der Waals surface area (Å²) in [6.07, 6.45) is 2.52. The normalized spacial score (nSPS) is 10.4. The van der Waals surface area contributed by atoms with Gasteiger partial charge in [-0.25, -0.2) is 9.67 Å². The van der Waals surface area contributed by atoms with E-state index in [1.807, 2.05) is 4.68 Å². The molecule has 2 rings (SSSR count). The number of rotatable bonds is 7. The zero-order valence-corrected chi connectivity index (χ0v) is 12.9. The monoisotopic (exact) mass is 306 g/mol. The molecule has 112 valence electrons. The summed E-state index contributed by atoms with van der Waals surface area (Å²) in [6.45, 7) is 3.22. The van der Waals surface area contributed by atoms with Gasteiger partial charge < -0.3 is 15.2 Å². The van der Waals surface area contributed by atoms with E-state index in [9.17, 15) is 0 Å². The Labute approximate surface area is 128 Å². The van der Waals surface area contributed by atoms with Crippen molar-refractivity contribution in [1.29, 1.82) is 0 Å². The predicted octanol–water partition coefficient (Wildman–Crippen LogP) is 1.91. The summed E-state index contributed by atoms with van der Waals surface area (Å²) in [6, 6.07) is 5.34. The largest absolute Gasteiger partial charge is 0.497 e. The molecule has 0 spiro atoms. The third-order valence-electron chi connectivity index (χ3n) is 2.90. The summed E-state index contributed by atoms with van der Waals surface area (Å²) in [7, 11) is 1.58. The predicted molar refractivity (Wildman–Crippen MR) is 83.5 cm³/mol. The van der Waals surface area contributed by atoms with Crippen molar-refractivity contribution in [3.05, 3.63) is 35.9 Å². The highest BCUT2D eigenvalue weighted by Crippen LogP contribution is 2.23. The van der Waals surface area contributed by atoms with E-state index in [2.05, 4.69) is 17.0 Å². The van der Waals surface area contributed by atoms with Crippen molar-refractivity contribution in [2.45, 2.75) is 26.5 Å². The molecule has 0 amide bonds. The number of ether oxygens (including phenoxy) is 2. The quantitative estimate of drug-likeness (QED) is 0.788. The Hall–Kier alpha value is -2.15. The molecule has 0 radical (unpaired) electrons. The standard InChI is InChI=1S/C14H18N4O2S/c1-3-4-18-13(16-9-17-18)8-20-12-6-10(14(15)21)5-11(7-12)19-2/h5-7,9H,3-4,8H2,1-2H3,(H2,15,21). The minimum absolute atomic E-state index is 0.299. The number of nitrogens with zero attached hydrogens (tertiary/aromatic N) is 3. The van der Waals surface area contributed by atoms with Gasteiger partial charge in [-0.3, -0.25) is 0 Å². The molecule has 1 aromatic carbocycles. The number of hydrogen-bond donors (Lipinski definition) is 1. The summed E-state index contributed by atoms with van der Waals surface area (Å²) in [4.78, 5) is 4.49. The van der Waals surface area contributed by atoms with E-state index in [0.29, 0.717) is 28.7 Å². The lowest BCUT2D eigenvalue weighted by Crippen LogP contribution is -2.11. The van der Waals surface area contributed by atoms with Crippen LogP contribution in [0.25, 0.3) is 0 Å². The number of methoxy groups -OCH3 is 1. The van der Waals surface area contributed by atoms with Crippen LogP contribution in [0.3, 0.4) is 0 Å². The second-order valence-corrected chi connectivity index (χ2v) is 4.89. The van der Waals surface area contributed by atoms with Crippen molar-refractivity contribution in [2.75, 3.05) is 7.11 Å². The van der Waals surface area contributed by atoms with Crippen molar-refractivity contribution in [3.63, 3.8) is 0 Å². The first-order chi connectivity index (χ1) is 10.1. The van der Waals surface area contributed by atoms with E-state index >= 15 is 0 Å². The molecule has 21 heavy (non-hydrogen) atoms. The molecule has 2 aromatic rings. The van der Waals surface area contributed by atoms with Crippen LogP contribution in [0.4, 0.5) is 0 Å². The maximum atomic E-state index is 5.75. The lowest BCUT2D eigenvalue weighted by Gasteiger charge is -2.10. The summed E-state index contributed by atoms with van der Waals surface area (Å²) in [5, 5.41) is 4.16. The van der Waals surface area contributed by atoms with Gasteiger partial charge in [0.05, 0.1) is 7.11 Å². The molecule has 0 bridgehead atoms. The van der Waals surface area contributed by atoms with E-state index < -0.39 is 0 Å². The van der Waals surface area contributed by atoms with Gasteiger partial charge in [-0.15, -0.1) is 0 Å². The molecule has 0 aliphatic carbocycles. The highest BCUT2D eigenvalue weighted by atomic mass is 32.1. The van der Waals surface area contributed by atoms with Gasteiger partial charge in [-0.05, 0) is 18.6 Å². The number of benzene rings is 1. The zero-order chi connectivity index (χ0) is 15.2. The summed E-state index contributed by atoms with van der Waals surface area (Å²) in [5.74, 6) is 2.05. The molecule has 1 heterocycles. The second-order valence-electron chi connectivity index (χ2n) is 4.45. The van der Waals surface area contributed by atoms with Crippen molar-refractivity contribution in [2.24, 2.45) is 5.73 Å². The van der Waals surface area contributed by atoms with Gasteiger partial charge in [0, 0.05) is 18.2 Å². The van der Waals surface area contributed by atoms with Gasteiger partial charge >= 0.3 is 0 Å². The highest BCUT2D eigenvalue weighted by molar-refractivity contribution is 7.80. The number of nitrogens with two attached hydrogens (primary N) is 1. The fourth-order valence-electron chi connectivity index (χ4n) is 1.86. The molecule has 0 atom stereocenters. The van der Waals surface area contributed by atoms with E-state index in [4.69, 9.17) is 27.4 Å². The van der Waals surface area contributed by atoms with Crippen LogP contribution in [-0.4, -0.2) is 26.9 Å². The lowest BCUT2D eigenvalue weighted by atomic mass is 10.2. The van der Waals surface area contributed by atoms with Crippen LogP contribution < -0.4 is 15.2 Å². The summed E-state index contributed by atoms with van der Waals surface area (Å²) in [5.41, 5.74) is 6.36. The number of aryl methyl sites for hydroxylation is 1. The Balaban J connectivity index is 2.13. The van der Waals surface area contributed by atoms with Crippen LogP contribution in [0.15, 0.2) is 24.5 Å². The molecular formula is C14H18N4O2S. The molecule has 6 nitrogen and oxygen atoms in total. The smallest absolute Gasteiger partial charge is 0.164 e. The Kier molecular flexibility index (Phi) is 5.10. The van der Waals surface area contributed by atoms with E-state index in [1.165, 1.54) is 6.33 Å². The molecule has 2 N–H and O–H groups in total. The fraction of sp³-hybridized carbons (Fsp3) is 0.357. The van der Waals surface area contributed by atoms with Crippen LogP contribution in [0, 0.1) is 0 Å². The highest BCUT2D eigenvalue weighted by Gasteiger charge is 2.08. The molecule has 1 aromatic heterocycles. The number of aromatic nitrogens is 3. The summed E-state index contributed by atoms with van der Waals surface area (Å²) < 4.78 is 12.8. The molecule has 0 saturated carbocycles. The van der Waals surface area contributed by atoms with Crippen molar-refractivity contribution >= 4 is 17.2 Å². The Bertz CT molecular complexity index is 627. The molecule has 7 heteroatoms. The Morgan fingerprint density at radius 2 is 2.10 bits per heavy atom. The lowest BCUT2D eigenvalue weighted by molar-refractivity contribution is 0.284. The molecule has 0 aliphatic heterocycles. The average molecular weight is 306 g/mol. The maximum Gasteiger partial charge on any atom is 0.164 e. The fourth-order valence-corrected chi connectivity index (χ4v) is 1.98. The van der Waals surface area contributed by atoms with Crippen molar-refractivity contribution in [1.82, 2.24) is 14.8 Å². The number of thiocarbonyl (C=S) groups is 1. The van der Waals surface area contributed by atoms with Crippen LogP contribution in [0.5, 0.6) is 11.5 Å². The molecule has 0 unspecified atom stereocenters. The SMILES string of the molecule is CCCn1ncnc1COc1cc(OC)cc(C(N)=S)c1. The second kappa shape index (κ2) is 7.03. The summed E-state index contributed by atoms with van der Waals surface area (Å²) >= 11 is 4.99. The van der Waals surface area contributed by atoms with E-state index in [0.717, 1.165) is 18.8 Å². The average Bonchev–Trinajstić information content (AvgIpc) is 2.92. The van der Waals surface area contributed by atoms with Gasteiger partial charge in [0.15, 0.2) is 5.82 Å². The third-order valence-corrected chi connectivity index (χ3v) is 3.14. The molecule has 0 fully saturated rings. The first-order valence-electron chi connectivity index (χ1n) is 6.62. The molecular weight excluding hydrogens is 288 g/mol. The van der Waals surface area contributed by atoms with Crippen LogP contribution in [0.1, 0.15) is 24.7 Å². The first kappa shape index (κ1) is 15.2. The van der Waals surface area contributed by atoms with Crippen molar-refractivity contribution < 1.29 is 9.47 Å². The maximum absolute atomic E-state index is 5.75. The minimum Gasteiger partial charge on any atom is -0.497 e. The zero-order valence-electron chi connectivity index (χ0n) is 12.1. The van der Waals surface area contributed by atoms with Gasteiger partial charge in [0.25, 0.3) is 0 Å². The van der Waals surface area contributed by atoms with Gasteiger partial charge in [-0.2, -0.15) is 5.10 Å². The number of hydrogen-bond acceptors (Lipinski definition) is 5. The Morgan fingerprint density at radius 1 is 1.33 bits per heavy atom. The van der Waals surface area contributed by atoms with Gasteiger partial charge in [-0.1, -0.05) is 19.1 Å². The Morgan fingerprint density at radius 3 is 2.76 bits per heavy atom. The van der Waals surface area contributed by atoms with E-state index in [1.54, 1.807) is 25.3 Å². The molecule has 0 aliphatic rings. The van der Waals surface area contributed by atoms with Crippen LogP contribution >= 0.6 is 12.2 Å². The van der Waals surface area contributed by atoms with Crippen LogP contribution in [0.2, 0.25) is 0 Å². The molecule has 0 saturated heterocycles. The van der Waals surface area contributed by atoms with Gasteiger partial charge in [0.1, 0.15) is 29.4 Å². The van der Waals surface area contributed by atoms with Gasteiger partial charge in [0.2, 0.25) is 0 Å².